The smallest absolute Gasteiger partial charge is 0.410 e. The summed E-state index contributed by atoms with van der Waals surface area (Å²) in [5, 5.41) is 6.58. The van der Waals surface area contributed by atoms with Crippen molar-refractivity contribution >= 4 is 11.9 Å². The van der Waals surface area contributed by atoms with Crippen LogP contribution in [0.4, 0.5) is 10.6 Å². The first-order valence-corrected chi connectivity index (χ1v) is 6.94. The highest BCUT2D eigenvalue weighted by atomic mass is 16.6. The Labute approximate surface area is 124 Å². The summed E-state index contributed by atoms with van der Waals surface area (Å²) in [5.41, 5.74) is 0.731. The first kappa shape index (κ1) is 15.1. The fourth-order valence-electron chi connectivity index (χ4n) is 2.04. The number of para-hydroxylation sites is 1. The molecule has 5 heteroatoms. The van der Waals surface area contributed by atoms with E-state index >= 15 is 0 Å². The molecular weight excluding hydrogens is 268 g/mol. The lowest BCUT2D eigenvalue weighted by Crippen LogP contribution is -2.18. The number of ether oxygens (including phenoxy) is 1. The minimum atomic E-state index is -0.579. The van der Waals surface area contributed by atoms with E-state index in [1.165, 1.54) is 0 Å². The van der Waals surface area contributed by atoms with Crippen LogP contribution in [0, 0.1) is 0 Å². The molecule has 0 saturated heterocycles. The number of nitrogens with zero attached hydrogens (tertiary/aromatic N) is 1. The van der Waals surface area contributed by atoms with Crippen molar-refractivity contribution in [2.75, 3.05) is 5.32 Å². The highest BCUT2D eigenvalue weighted by Crippen LogP contribution is 2.30. The van der Waals surface area contributed by atoms with Gasteiger partial charge in [-0.15, -0.1) is 0 Å². The summed E-state index contributed by atoms with van der Waals surface area (Å²) >= 11 is 0. The number of carbonyl (C=O) groups excluding carboxylic acids is 1. The van der Waals surface area contributed by atoms with Gasteiger partial charge in [-0.3, -0.25) is 5.32 Å². The topological polar surface area (TPSA) is 64.4 Å². The lowest BCUT2D eigenvalue weighted by Gasteiger charge is -2.15. The van der Waals surface area contributed by atoms with Crippen LogP contribution < -0.4 is 10.1 Å². The summed E-state index contributed by atoms with van der Waals surface area (Å²) in [6, 6.07) is 8.88. The monoisotopic (exact) mass is 288 g/mol. The highest BCUT2D eigenvalue weighted by molar-refractivity contribution is 5.86. The maximum absolute atomic E-state index is 11.9. The van der Waals surface area contributed by atoms with Crippen LogP contribution in [-0.4, -0.2) is 11.2 Å². The van der Waals surface area contributed by atoms with E-state index in [4.69, 9.17) is 9.26 Å². The second-order valence-electron chi connectivity index (χ2n) is 5.77. The molecule has 5 nitrogen and oxygen atoms in total. The van der Waals surface area contributed by atoms with Crippen molar-refractivity contribution in [2.45, 2.75) is 39.5 Å². The molecule has 0 unspecified atom stereocenters. The van der Waals surface area contributed by atoms with Gasteiger partial charge in [-0.25, -0.2) is 4.79 Å². The fourth-order valence-corrected chi connectivity index (χ4v) is 2.04. The number of carbonyl (C=O) groups is 1. The van der Waals surface area contributed by atoms with Gasteiger partial charge in [0.15, 0.2) is 5.82 Å². The second kappa shape index (κ2) is 5.99. The zero-order valence-electron chi connectivity index (χ0n) is 12.8. The molecule has 0 aliphatic carbocycles. The lowest BCUT2D eigenvalue weighted by atomic mass is 9.89. The molecule has 1 amide bonds. The van der Waals surface area contributed by atoms with Gasteiger partial charge in [0, 0.05) is 11.0 Å². The standard InChI is InChI=1S/C16H20N2O3/c1-5-12-13(16(2,3)4)21-18-14(12)17-15(19)20-11-9-7-6-8-10-11/h6-10H,5H2,1-4H3,(H,17,18,19). The Morgan fingerprint density at radius 2 is 1.95 bits per heavy atom. The number of anilines is 1. The molecule has 1 aromatic carbocycles. The molecule has 0 bridgehead atoms. The molecule has 1 N–H and O–H groups in total. The molecule has 0 spiro atoms. The molecule has 1 aromatic heterocycles. The van der Waals surface area contributed by atoms with Gasteiger partial charge >= 0.3 is 6.09 Å². The number of hydrogen-bond acceptors (Lipinski definition) is 4. The predicted molar refractivity (Wildman–Crippen MR) is 80.7 cm³/mol. The fraction of sp³-hybridized carbons (Fsp3) is 0.375. The lowest BCUT2D eigenvalue weighted by molar-refractivity contribution is 0.215. The summed E-state index contributed by atoms with van der Waals surface area (Å²) in [4.78, 5) is 11.9. The SMILES string of the molecule is CCc1c(NC(=O)Oc2ccccc2)noc1C(C)(C)C. The summed E-state index contributed by atoms with van der Waals surface area (Å²) in [6.07, 6.45) is 0.140. The minimum absolute atomic E-state index is 0.165. The molecule has 0 radical (unpaired) electrons. The van der Waals surface area contributed by atoms with E-state index in [9.17, 15) is 4.79 Å². The van der Waals surface area contributed by atoms with Gasteiger partial charge in [0.25, 0.3) is 0 Å². The van der Waals surface area contributed by atoms with Gasteiger partial charge in [-0.2, -0.15) is 0 Å². The average molecular weight is 288 g/mol. The average Bonchev–Trinajstić information content (AvgIpc) is 2.82. The third-order valence-electron chi connectivity index (χ3n) is 3.00. The van der Waals surface area contributed by atoms with E-state index in [0.29, 0.717) is 11.6 Å². The molecule has 2 rings (SSSR count). The Bertz CT molecular complexity index is 612. The number of hydrogen-bond donors (Lipinski definition) is 1. The van der Waals surface area contributed by atoms with Crippen molar-refractivity contribution in [1.82, 2.24) is 5.16 Å². The quantitative estimate of drug-likeness (QED) is 0.921. The van der Waals surface area contributed by atoms with Crippen LogP contribution in [0.2, 0.25) is 0 Å². The molecule has 1 heterocycles. The van der Waals surface area contributed by atoms with Gasteiger partial charge in [-0.1, -0.05) is 51.1 Å². The van der Waals surface area contributed by atoms with Crippen molar-refractivity contribution in [3.63, 3.8) is 0 Å². The molecule has 2 aromatic rings. The minimum Gasteiger partial charge on any atom is -0.410 e. The van der Waals surface area contributed by atoms with Crippen molar-refractivity contribution in [1.29, 1.82) is 0 Å². The first-order valence-electron chi connectivity index (χ1n) is 6.94. The zero-order valence-corrected chi connectivity index (χ0v) is 12.8. The van der Waals surface area contributed by atoms with Crippen molar-refractivity contribution in [2.24, 2.45) is 0 Å². The number of amides is 1. The molecule has 0 atom stereocenters. The van der Waals surface area contributed by atoms with E-state index in [-0.39, 0.29) is 5.41 Å². The third-order valence-corrected chi connectivity index (χ3v) is 3.00. The van der Waals surface area contributed by atoms with Gasteiger partial charge in [0.05, 0.1) is 0 Å². The van der Waals surface area contributed by atoms with E-state index in [1.807, 2.05) is 33.8 Å². The molecule has 0 saturated carbocycles. The Kier molecular flexibility index (Phi) is 4.31. The van der Waals surface area contributed by atoms with Crippen LogP contribution in [0.15, 0.2) is 34.9 Å². The first-order chi connectivity index (χ1) is 9.91. The van der Waals surface area contributed by atoms with Gasteiger partial charge < -0.3 is 9.26 Å². The second-order valence-corrected chi connectivity index (χ2v) is 5.77. The van der Waals surface area contributed by atoms with Gasteiger partial charge in [0.2, 0.25) is 0 Å². The largest absolute Gasteiger partial charge is 0.418 e. The summed E-state index contributed by atoms with van der Waals surface area (Å²) in [7, 11) is 0. The summed E-state index contributed by atoms with van der Waals surface area (Å²) in [6.45, 7) is 8.12. The van der Waals surface area contributed by atoms with E-state index < -0.39 is 6.09 Å². The van der Waals surface area contributed by atoms with Crippen LogP contribution >= 0.6 is 0 Å². The number of nitrogens with one attached hydrogen (secondary N) is 1. The Hall–Kier alpha value is -2.30. The molecule has 0 aliphatic rings. The van der Waals surface area contributed by atoms with Crippen LogP contribution in [0.3, 0.4) is 0 Å². The normalized spacial score (nSPS) is 11.2. The van der Waals surface area contributed by atoms with Gasteiger partial charge in [0.1, 0.15) is 11.5 Å². The van der Waals surface area contributed by atoms with Crippen LogP contribution in [0.25, 0.3) is 0 Å². The van der Waals surface area contributed by atoms with Crippen LogP contribution in [0.5, 0.6) is 5.75 Å². The van der Waals surface area contributed by atoms with Crippen molar-refractivity contribution in [3.8, 4) is 5.75 Å². The van der Waals surface area contributed by atoms with E-state index in [2.05, 4.69) is 10.5 Å². The van der Waals surface area contributed by atoms with Gasteiger partial charge in [-0.05, 0) is 18.6 Å². The molecule has 21 heavy (non-hydrogen) atoms. The summed E-state index contributed by atoms with van der Waals surface area (Å²) in [5.74, 6) is 1.68. The van der Waals surface area contributed by atoms with Crippen LogP contribution in [-0.2, 0) is 11.8 Å². The maximum Gasteiger partial charge on any atom is 0.418 e. The zero-order chi connectivity index (χ0) is 15.5. The Morgan fingerprint density at radius 1 is 1.29 bits per heavy atom. The Morgan fingerprint density at radius 3 is 2.52 bits per heavy atom. The molecule has 112 valence electrons. The maximum atomic E-state index is 11.9. The van der Waals surface area contributed by atoms with E-state index in [1.54, 1.807) is 24.3 Å². The summed E-state index contributed by atoms with van der Waals surface area (Å²) < 4.78 is 10.6. The Balaban J connectivity index is 2.13. The van der Waals surface area contributed by atoms with Crippen molar-refractivity contribution < 1.29 is 14.1 Å². The number of rotatable bonds is 3. The number of benzene rings is 1. The number of aromatic nitrogens is 1. The highest BCUT2D eigenvalue weighted by Gasteiger charge is 2.26. The molecular formula is C16H20N2O3. The third kappa shape index (κ3) is 3.62. The molecule has 0 fully saturated rings. The van der Waals surface area contributed by atoms with Crippen molar-refractivity contribution in [3.05, 3.63) is 41.7 Å². The predicted octanol–water partition coefficient (Wildman–Crippen LogP) is 4.15. The molecule has 0 aliphatic heterocycles. The van der Waals surface area contributed by atoms with E-state index in [0.717, 1.165) is 17.7 Å². The van der Waals surface area contributed by atoms with Crippen LogP contribution in [0.1, 0.15) is 39.0 Å².